The second-order valence-electron chi connectivity index (χ2n) is 12.2. The van der Waals surface area contributed by atoms with E-state index in [4.69, 9.17) is 0 Å². The standard InChI is InChI=1S/C28H37N5O5S2/c1-27(2,3)18-39(35,36)22-6-4-5-20(15-22)31-26-25-23(29-19-30-26)16-21(32-40(37,38)14-13-34)17-24(25)33-11-9-28(7-8-28)10-12-33/h4-6,15-17,19,32,34H,7-14,18H2,1-3H3,(H,29,30,31). The Morgan fingerprint density at radius 2 is 1.70 bits per heavy atom. The summed E-state index contributed by atoms with van der Waals surface area (Å²) in [5, 5.41) is 13.2. The highest BCUT2D eigenvalue weighted by Gasteiger charge is 2.44. The summed E-state index contributed by atoms with van der Waals surface area (Å²) in [6.45, 7) is 6.86. The molecule has 1 saturated carbocycles. The monoisotopic (exact) mass is 587 g/mol. The van der Waals surface area contributed by atoms with E-state index < -0.39 is 32.2 Å². The van der Waals surface area contributed by atoms with Crippen molar-refractivity contribution in [2.24, 2.45) is 10.8 Å². The molecule has 0 unspecified atom stereocenters. The quantitative estimate of drug-likeness (QED) is 0.334. The van der Waals surface area contributed by atoms with Crippen molar-refractivity contribution in [2.45, 2.75) is 51.3 Å². The molecular formula is C28H37N5O5S2. The van der Waals surface area contributed by atoms with Crippen LogP contribution in [0.1, 0.15) is 46.5 Å². The van der Waals surface area contributed by atoms with Gasteiger partial charge in [-0.05, 0) is 66.8 Å². The molecule has 3 aromatic rings. The summed E-state index contributed by atoms with van der Waals surface area (Å²) < 4.78 is 53.6. The number of fused-ring (bicyclic) bond motifs is 1. The normalized spacial score (nSPS) is 17.2. The zero-order valence-corrected chi connectivity index (χ0v) is 24.8. The smallest absolute Gasteiger partial charge is 0.234 e. The molecule has 5 rings (SSSR count). The number of aliphatic hydroxyl groups excluding tert-OH is 1. The van der Waals surface area contributed by atoms with Gasteiger partial charge < -0.3 is 15.3 Å². The molecule has 40 heavy (non-hydrogen) atoms. The van der Waals surface area contributed by atoms with E-state index >= 15 is 0 Å². The maximum atomic E-state index is 13.0. The van der Waals surface area contributed by atoms with Crippen LogP contribution in [0.2, 0.25) is 0 Å². The molecule has 1 aliphatic carbocycles. The lowest BCUT2D eigenvalue weighted by Crippen LogP contribution is -2.34. The number of piperidine rings is 1. The zero-order chi connectivity index (χ0) is 28.8. The lowest BCUT2D eigenvalue weighted by atomic mass is 9.93. The molecule has 2 aromatic carbocycles. The Morgan fingerprint density at radius 3 is 2.35 bits per heavy atom. The zero-order valence-electron chi connectivity index (χ0n) is 23.1. The molecule has 2 aliphatic rings. The molecule has 1 aliphatic heterocycles. The van der Waals surface area contributed by atoms with E-state index in [0.29, 0.717) is 28.1 Å². The highest BCUT2D eigenvalue weighted by atomic mass is 32.2. The van der Waals surface area contributed by atoms with E-state index in [0.717, 1.165) is 37.0 Å². The van der Waals surface area contributed by atoms with E-state index in [1.165, 1.54) is 19.2 Å². The fourth-order valence-corrected chi connectivity index (χ4v) is 8.10. The van der Waals surface area contributed by atoms with E-state index in [9.17, 15) is 21.9 Å². The van der Waals surface area contributed by atoms with Gasteiger partial charge in [-0.2, -0.15) is 0 Å². The van der Waals surface area contributed by atoms with E-state index in [1.807, 2.05) is 20.8 Å². The van der Waals surface area contributed by atoms with Crippen molar-refractivity contribution in [3.8, 4) is 0 Å². The summed E-state index contributed by atoms with van der Waals surface area (Å²) in [6, 6.07) is 10.2. The number of aliphatic hydroxyl groups is 1. The fourth-order valence-electron chi connectivity index (χ4n) is 5.38. The molecule has 1 saturated heterocycles. The van der Waals surface area contributed by atoms with Crippen molar-refractivity contribution in [3.63, 3.8) is 0 Å². The van der Waals surface area contributed by atoms with Crippen LogP contribution in [0.3, 0.4) is 0 Å². The number of nitrogens with one attached hydrogen (secondary N) is 2. The van der Waals surface area contributed by atoms with Crippen molar-refractivity contribution in [3.05, 3.63) is 42.7 Å². The summed E-state index contributed by atoms with van der Waals surface area (Å²) in [6.07, 6.45) is 6.05. The van der Waals surface area contributed by atoms with Crippen LogP contribution < -0.4 is 14.9 Å². The number of nitrogens with zero attached hydrogens (tertiary/aromatic N) is 3. The van der Waals surface area contributed by atoms with Gasteiger partial charge in [0.15, 0.2) is 9.84 Å². The number of anilines is 4. The number of benzene rings is 2. The highest BCUT2D eigenvalue weighted by Crippen LogP contribution is 2.54. The minimum absolute atomic E-state index is 0.0233. The molecule has 0 atom stereocenters. The summed E-state index contributed by atoms with van der Waals surface area (Å²) in [5.41, 5.74) is 2.34. The molecule has 1 aromatic heterocycles. The van der Waals surface area contributed by atoms with Crippen molar-refractivity contribution in [2.75, 3.05) is 46.1 Å². The van der Waals surface area contributed by atoms with Gasteiger partial charge in [-0.1, -0.05) is 26.8 Å². The van der Waals surface area contributed by atoms with Gasteiger partial charge >= 0.3 is 0 Å². The second kappa shape index (κ2) is 10.5. The lowest BCUT2D eigenvalue weighted by molar-refractivity contribution is 0.320. The maximum absolute atomic E-state index is 13.0. The Labute approximate surface area is 236 Å². The third-order valence-electron chi connectivity index (χ3n) is 7.55. The van der Waals surface area contributed by atoms with Crippen molar-refractivity contribution >= 4 is 53.6 Å². The Bertz CT molecular complexity index is 1620. The van der Waals surface area contributed by atoms with Gasteiger partial charge in [0, 0.05) is 18.8 Å². The Hall–Kier alpha value is -2.96. The topological polar surface area (TPSA) is 142 Å². The first-order valence-corrected chi connectivity index (χ1v) is 16.8. The van der Waals surface area contributed by atoms with Gasteiger partial charge in [-0.3, -0.25) is 4.72 Å². The van der Waals surface area contributed by atoms with Crippen LogP contribution in [0, 0.1) is 10.8 Å². The van der Waals surface area contributed by atoms with Crippen LogP contribution in [-0.4, -0.2) is 63.1 Å². The van der Waals surface area contributed by atoms with E-state index in [-0.39, 0.29) is 16.1 Å². The average molecular weight is 588 g/mol. The van der Waals surface area contributed by atoms with E-state index in [1.54, 1.807) is 36.4 Å². The number of hydrogen-bond donors (Lipinski definition) is 3. The maximum Gasteiger partial charge on any atom is 0.234 e. The minimum atomic E-state index is -3.73. The first kappa shape index (κ1) is 28.6. The largest absolute Gasteiger partial charge is 0.395 e. The molecular weight excluding hydrogens is 550 g/mol. The van der Waals surface area contributed by atoms with Crippen molar-refractivity contribution in [1.82, 2.24) is 9.97 Å². The van der Waals surface area contributed by atoms with Gasteiger partial charge in [0.05, 0.1) is 45.3 Å². The van der Waals surface area contributed by atoms with Crippen molar-refractivity contribution in [1.29, 1.82) is 0 Å². The first-order valence-electron chi connectivity index (χ1n) is 13.5. The van der Waals surface area contributed by atoms with Gasteiger partial charge in [0.25, 0.3) is 0 Å². The third kappa shape index (κ3) is 6.50. The molecule has 1 spiro atoms. The van der Waals surface area contributed by atoms with Crippen LogP contribution in [0.4, 0.5) is 22.9 Å². The molecule has 10 nitrogen and oxygen atoms in total. The predicted octanol–water partition coefficient (Wildman–Crippen LogP) is 4.31. The summed E-state index contributed by atoms with van der Waals surface area (Å²) in [4.78, 5) is 11.4. The Balaban J connectivity index is 1.54. The van der Waals surface area contributed by atoms with Crippen LogP contribution in [0.25, 0.3) is 10.9 Å². The molecule has 2 heterocycles. The number of hydrogen-bond acceptors (Lipinski definition) is 9. The van der Waals surface area contributed by atoms with E-state index in [2.05, 4.69) is 24.9 Å². The number of aromatic nitrogens is 2. The number of sulfonamides is 1. The van der Waals surface area contributed by atoms with Crippen molar-refractivity contribution < 1.29 is 21.9 Å². The fraction of sp³-hybridized carbons (Fsp3) is 0.500. The molecule has 3 N–H and O–H groups in total. The molecule has 12 heteroatoms. The number of sulfone groups is 1. The lowest BCUT2D eigenvalue weighted by Gasteiger charge is -2.35. The van der Waals surface area contributed by atoms with Crippen LogP contribution in [-0.2, 0) is 19.9 Å². The first-order chi connectivity index (χ1) is 18.8. The van der Waals surface area contributed by atoms with Gasteiger partial charge in [-0.15, -0.1) is 0 Å². The summed E-state index contributed by atoms with van der Waals surface area (Å²) in [7, 11) is -7.23. The van der Waals surface area contributed by atoms with Crippen LogP contribution in [0.15, 0.2) is 47.6 Å². The molecule has 2 fully saturated rings. The Morgan fingerprint density at radius 1 is 0.975 bits per heavy atom. The predicted molar refractivity (Wildman–Crippen MR) is 158 cm³/mol. The van der Waals surface area contributed by atoms with Crippen LogP contribution in [0.5, 0.6) is 0 Å². The molecule has 0 amide bonds. The highest BCUT2D eigenvalue weighted by molar-refractivity contribution is 7.92. The number of rotatable bonds is 9. The van der Waals surface area contributed by atoms with Gasteiger partial charge in [0.2, 0.25) is 10.0 Å². The third-order valence-corrected chi connectivity index (χ3v) is 11.0. The van der Waals surface area contributed by atoms with Gasteiger partial charge in [0.1, 0.15) is 12.1 Å². The molecule has 0 bridgehead atoms. The summed E-state index contributed by atoms with van der Waals surface area (Å²) >= 11 is 0. The Kier molecular flexibility index (Phi) is 7.47. The molecule has 0 radical (unpaired) electrons. The SMILES string of the molecule is CC(C)(C)CS(=O)(=O)c1cccc(Nc2ncnc3cc(NS(=O)(=O)CCO)cc(N4CCC5(CC4)CC5)c23)c1. The van der Waals surface area contributed by atoms with Gasteiger partial charge in [-0.25, -0.2) is 26.8 Å². The minimum Gasteiger partial charge on any atom is -0.395 e. The second-order valence-corrected chi connectivity index (χ2v) is 16.0. The average Bonchev–Trinajstić information content (AvgIpc) is 3.61. The van der Waals surface area contributed by atoms with Crippen LogP contribution >= 0.6 is 0 Å². The summed E-state index contributed by atoms with van der Waals surface area (Å²) in [5.74, 6) is 0.120. The molecule has 216 valence electrons.